The molecule has 1 atom stereocenters. The third-order valence-corrected chi connectivity index (χ3v) is 3.45. The Morgan fingerprint density at radius 3 is 2.71 bits per heavy atom. The number of benzene rings is 1. The first-order valence-electron chi connectivity index (χ1n) is 6.00. The standard InChI is InChI=1S/C13H20FN3/c1-9-6-13(12(15)7-11(9)14)17-5-4-16(3)8-10(17)2/h6-7,10H,4-5,8,15H2,1-3H3. The van der Waals surface area contributed by atoms with Gasteiger partial charge in [0.2, 0.25) is 0 Å². The second-order valence-corrected chi connectivity index (χ2v) is 4.96. The summed E-state index contributed by atoms with van der Waals surface area (Å²) in [5.41, 5.74) is 8.07. The third kappa shape index (κ3) is 2.36. The van der Waals surface area contributed by atoms with E-state index >= 15 is 0 Å². The zero-order chi connectivity index (χ0) is 12.6. The van der Waals surface area contributed by atoms with Crippen LogP contribution in [0.5, 0.6) is 0 Å². The van der Waals surface area contributed by atoms with Crippen molar-refractivity contribution in [1.82, 2.24) is 4.90 Å². The molecule has 3 nitrogen and oxygen atoms in total. The Morgan fingerprint density at radius 2 is 2.06 bits per heavy atom. The fraction of sp³-hybridized carbons (Fsp3) is 0.538. The number of hydrogen-bond acceptors (Lipinski definition) is 3. The van der Waals surface area contributed by atoms with Crippen LogP contribution in [-0.2, 0) is 0 Å². The first kappa shape index (κ1) is 12.2. The summed E-state index contributed by atoms with van der Waals surface area (Å²) in [5.74, 6) is -0.229. The van der Waals surface area contributed by atoms with Crippen LogP contribution in [-0.4, -0.2) is 37.6 Å². The number of likely N-dealkylation sites (N-methyl/N-ethyl adjacent to an activating group) is 1. The second kappa shape index (κ2) is 4.53. The largest absolute Gasteiger partial charge is 0.397 e. The van der Waals surface area contributed by atoms with Crippen molar-refractivity contribution in [3.05, 3.63) is 23.5 Å². The van der Waals surface area contributed by atoms with E-state index in [1.807, 2.05) is 6.07 Å². The minimum atomic E-state index is -0.229. The molecule has 1 fully saturated rings. The minimum absolute atomic E-state index is 0.229. The number of piperazine rings is 1. The second-order valence-electron chi connectivity index (χ2n) is 4.96. The van der Waals surface area contributed by atoms with Crippen LogP contribution in [0.4, 0.5) is 15.8 Å². The molecule has 0 aromatic heterocycles. The number of nitrogens with two attached hydrogens (primary N) is 1. The van der Waals surface area contributed by atoms with Crippen LogP contribution in [0.25, 0.3) is 0 Å². The summed E-state index contributed by atoms with van der Waals surface area (Å²) in [6.07, 6.45) is 0. The minimum Gasteiger partial charge on any atom is -0.397 e. The van der Waals surface area contributed by atoms with Crippen LogP contribution < -0.4 is 10.6 Å². The van der Waals surface area contributed by atoms with E-state index in [-0.39, 0.29) is 5.82 Å². The molecule has 2 N–H and O–H groups in total. The summed E-state index contributed by atoms with van der Waals surface area (Å²) in [4.78, 5) is 4.56. The molecule has 0 bridgehead atoms. The topological polar surface area (TPSA) is 32.5 Å². The molecule has 0 radical (unpaired) electrons. The highest BCUT2D eigenvalue weighted by Crippen LogP contribution is 2.29. The summed E-state index contributed by atoms with van der Waals surface area (Å²) >= 11 is 0. The summed E-state index contributed by atoms with van der Waals surface area (Å²) in [6.45, 7) is 6.91. The molecule has 0 aliphatic carbocycles. The molecule has 1 aromatic rings. The maximum atomic E-state index is 13.4. The van der Waals surface area contributed by atoms with Gasteiger partial charge in [0.1, 0.15) is 5.82 Å². The van der Waals surface area contributed by atoms with Crippen LogP contribution in [0.2, 0.25) is 0 Å². The van der Waals surface area contributed by atoms with E-state index in [9.17, 15) is 4.39 Å². The fourth-order valence-electron chi connectivity index (χ4n) is 2.43. The fourth-order valence-corrected chi connectivity index (χ4v) is 2.43. The number of nitrogen functional groups attached to an aromatic ring is 1. The molecule has 1 unspecified atom stereocenters. The van der Waals surface area contributed by atoms with Crippen molar-refractivity contribution in [1.29, 1.82) is 0 Å². The average molecular weight is 237 g/mol. The molecule has 1 aromatic carbocycles. The molecule has 1 aliphatic rings. The van der Waals surface area contributed by atoms with E-state index < -0.39 is 0 Å². The smallest absolute Gasteiger partial charge is 0.128 e. The van der Waals surface area contributed by atoms with E-state index in [1.165, 1.54) is 6.07 Å². The van der Waals surface area contributed by atoms with Crippen LogP contribution in [0, 0.1) is 12.7 Å². The van der Waals surface area contributed by atoms with E-state index in [1.54, 1.807) is 6.92 Å². The molecule has 0 saturated carbocycles. The van der Waals surface area contributed by atoms with Crippen molar-refractivity contribution in [3.63, 3.8) is 0 Å². The lowest BCUT2D eigenvalue weighted by Crippen LogP contribution is -2.50. The maximum Gasteiger partial charge on any atom is 0.128 e. The van der Waals surface area contributed by atoms with Gasteiger partial charge in [0.15, 0.2) is 0 Å². The number of halogens is 1. The Labute approximate surface area is 102 Å². The lowest BCUT2D eigenvalue weighted by molar-refractivity contribution is 0.275. The Morgan fingerprint density at radius 1 is 1.35 bits per heavy atom. The molecule has 1 saturated heterocycles. The van der Waals surface area contributed by atoms with Gasteiger partial charge in [0, 0.05) is 25.7 Å². The van der Waals surface area contributed by atoms with Crippen LogP contribution in [0.3, 0.4) is 0 Å². The van der Waals surface area contributed by atoms with Crippen molar-refractivity contribution in [3.8, 4) is 0 Å². The zero-order valence-corrected chi connectivity index (χ0v) is 10.7. The lowest BCUT2D eigenvalue weighted by Gasteiger charge is -2.40. The normalized spacial score (nSPS) is 21.9. The Bertz CT molecular complexity index is 419. The first-order chi connectivity index (χ1) is 7.99. The predicted octanol–water partition coefficient (Wildman–Crippen LogP) is 1.86. The van der Waals surface area contributed by atoms with Crippen molar-refractivity contribution >= 4 is 11.4 Å². The van der Waals surface area contributed by atoms with Gasteiger partial charge in [-0.25, -0.2) is 4.39 Å². The quantitative estimate of drug-likeness (QED) is 0.757. The van der Waals surface area contributed by atoms with Crippen molar-refractivity contribution in [2.75, 3.05) is 37.3 Å². The van der Waals surface area contributed by atoms with Crippen molar-refractivity contribution in [2.45, 2.75) is 19.9 Å². The summed E-state index contributed by atoms with van der Waals surface area (Å²) < 4.78 is 13.4. The van der Waals surface area contributed by atoms with Crippen molar-refractivity contribution in [2.24, 2.45) is 0 Å². The highest BCUT2D eigenvalue weighted by Gasteiger charge is 2.23. The highest BCUT2D eigenvalue weighted by molar-refractivity contribution is 5.69. The number of anilines is 2. The molecule has 17 heavy (non-hydrogen) atoms. The maximum absolute atomic E-state index is 13.4. The van der Waals surface area contributed by atoms with Gasteiger partial charge in [-0.1, -0.05) is 0 Å². The summed E-state index contributed by atoms with van der Waals surface area (Å²) in [7, 11) is 2.12. The van der Waals surface area contributed by atoms with E-state index in [2.05, 4.69) is 23.8 Å². The number of aryl methyl sites for hydroxylation is 1. The molecule has 0 spiro atoms. The highest BCUT2D eigenvalue weighted by atomic mass is 19.1. The van der Waals surface area contributed by atoms with E-state index in [0.29, 0.717) is 17.3 Å². The molecule has 0 amide bonds. The Hall–Kier alpha value is -1.29. The van der Waals surface area contributed by atoms with Gasteiger partial charge in [-0.05, 0) is 38.6 Å². The third-order valence-electron chi connectivity index (χ3n) is 3.45. The van der Waals surface area contributed by atoms with Gasteiger partial charge >= 0.3 is 0 Å². The molecule has 2 rings (SSSR count). The molecular weight excluding hydrogens is 217 g/mol. The molecule has 4 heteroatoms. The van der Waals surface area contributed by atoms with Crippen molar-refractivity contribution < 1.29 is 4.39 Å². The van der Waals surface area contributed by atoms with Crippen LogP contribution in [0.1, 0.15) is 12.5 Å². The van der Waals surface area contributed by atoms with E-state index in [4.69, 9.17) is 5.73 Å². The van der Waals surface area contributed by atoms with Crippen LogP contribution >= 0.6 is 0 Å². The molecule has 94 valence electrons. The first-order valence-corrected chi connectivity index (χ1v) is 6.00. The van der Waals surface area contributed by atoms with Gasteiger partial charge in [-0.15, -0.1) is 0 Å². The molecule has 1 heterocycles. The number of rotatable bonds is 1. The zero-order valence-electron chi connectivity index (χ0n) is 10.7. The van der Waals surface area contributed by atoms with Gasteiger partial charge in [0.25, 0.3) is 0 Å². The number of nitrogens with zero attached hydrogens (tertiary/aromatic N) is 2. The summed E-state index contributed by atoms with van der Waals surface area (Å²) in [6, 6.07) is 3.68. The van der Waals surface area contributed by atoms with Gasteiger partial charge in [-0.3, -0.25) is 0 Å². The van der Waals surface area contributed by atoms with Crippen LogP contribution in [0.15, 0.2) is 12.1 Å². The molecular formula is C13H20FN3. The number of hydrogen-bond donors (Lipinski definition) is 1. The lowest BCUT2D eigenvalue weighted by atomic mass is 10.1. The van der Waals surface area contributed by atoms with Gasteiger partial charge in [-0.2, -0.15) is 0 Å². The monoisotopic (exact) mass is 237 g/mol. The molecule has 1 aliphatic heterocycles. The summed E-state index contributed by atoms with van der Waals surface area (Å²) in [5, 5.41) is 0. The van der Waals surface area contributed by atoms with E-state index in [0.717, 1.165) is 25.3 Å². The van der Waals surface area contributed by atoms with Gasteiger partial charge < -0.3 is 15.5 Å². The Kier molecular flexibility index (Phi) is 3.24. The Balaban J connectivity index is 2.31. The average Bonchev–Trinajstić information content (AvgIpc) is 2.24. The SMILES string of the molecule is Cc1cc(N2CCN(C)CC2C)c(N)cc1F. The predicted molar refractivity (Wildman–Crippen MR) is 69.9 cm³/mol. The van der Waals surface area contributed by atoms with Gasteiger partial charge in [0.05, 0.1) is 11.4 Å².